The number of thiazole rings is 1. The fraction of sp³-hybridized carbons (Fsp3) is 0.250. The average molecular weight is 278 g/mol. The Hall–Kier alpha value is -1.99. The van der Waals surface area contributed by atoms with Crippen LogP contribution in [0.15, 0.2) is 29.8 Å². The molecule has 2 heterocycles. The number of anilines is 1. The van der Waals surface area contributed by atoms with Crippen molar-refractivity contribution in [3.63, 3.8) is 0 Å². The Labute approximate surface area is 114 Å². The third kappa shape index (κ3) is 3.27. The third-order valence-electron chi connectivity index (χ3n) is 2.58. The van der Waals surface area contributed by atoms with Gasteiger partial charge in [0.2, 0.25) is 0 Å². The number of hydrogen-bond acceptors (Lipinski definition) is 6. The van der Waals surface area contributed by atoms with Gasteiger partial charge in [-0.1, -0.05) is 6.07 Å². The number of nitrogens with zero attached hydrogens (tertiary/aromatic N) is 2. The minimum Gasteiger partial charge on any atom is -0.480 e. The Balaban J connectivity index is 2.06. The standard InChI is InChI=1S/C12H14N4O2S/c1-7(8-4-2-3-5-14-8)15-12-16-9(6-19-12)10(13)11(17)18/h2-7,10H,13H2,1H3,(H,15,16)(H,17,18). The number of hydrogen-bond donors (Lipinski definition) is 3. The number of nitrogens with two attached hydrogens (primary N) is 1. The predicted molar refractivity (Wildman–Crippen MR) is 73.0 cm³/mol. The number of carboxylic acid groups (broad SMARTS) is 1. The minimum absolute atomic E-state index is 0.0127. The fourth-order valence-corrected chi connectivity index (χ4v) is 2.35. The maximum Gasteiger partial charge on any atom is 0.326 e. The number of nitrogens with one attached hydrogen (secondary N) is 1. The smallest absolute Gasteiger partial charge is 0.326 e. The molecule has 2 aromatic rings. The topological polar surface area (TPSA) is 101 Å². The molecule has 0 amide bonds. The van der Waals surface area contributed by atoms with Crippen LogP contribution in [0.5, 0.6) is 0 Å². The first-order valence-corrected chi connectivity index (χ1v) is 6.57. The fourth-order valence-electron chi connectivity index (χ4n) is 1.51. The maximum absolute atomic E-state index is 10.8. The van der Waals surface area contributed by atoms with E-state index < -0.39 is 12.0 Å². The molecule has 7 heteroatoms. The number of carboxylic acids is 1. The van der Waals surface area contributed by atoms with E-state index in [0.717, 1.165) is 5.69 Å². The SMILES string of the molecule is CC(Nc1nc(C(N)C(=O)O)cs1)c1ccccn1. The van der Waals surface area contributed by atoms with Gasteiger partial charge in [0.05, 0.1) is 17.4 Å². The van der Waals surface area contributed by atoms with E-state index in [1.54, 1.807) is 11.6 Å². The lowest BCUT2D eigenvalue weighted by molar-refractivity contribution is -0.138. The summed E-state index contributed by atoms with van der Waals surface area (Å²) in [5, 5.41) is 14.3. The molecule has 0 spiro atoms. The van der Waals surface area contributed by atoms with Gasteiger partial charge in [-0.2, -0.15) is 0 Å². The molecule has 2 rings (SSSR count). The number of rotatable bonds is 5. The summed E-state index contributed by atoms with van der Waals surface area (Å²) >= 11 is 1.32. The van der Waals surface area contributed by atoms with E-state index in [2.05, 4.69) is 15.3 Å². The molecule has 0 fully saturated rings. The zero-order valence-corrected chi connectivity index (χ0v) is 11.1. The molecule has 19 heavy (non-hydrogen) atoms. The summed E-state index contributed by atoms with van der Waals surface area (Å²) < 4.78 is 0. The van der Waals surface area contributed by atoms with Gasteiger partial charge in [-0.3, -0.25) is 9.78 Å². The van der Waals surface area contributed by atoms with Crippen molar-refractivity contribution in [2.45, 2.75) is 19.0 Å². The number of aliphatic carboxylic acids is 1. The van der Waals surface area contributed by atoms with Gasteiger partial charge in [-0.25, -0.2) is 4.98 Å². The first-order valence-electron chi connectivity index (χ1n) is 5.69. The van der Waals surface area contributed by atoms with Crippen LogP contribution < -0.4 is 11.1 Å². The van der Waals surface area contributed by atoms with Crippen LogP contribution in [0.3, 0.4) is 0 Å². The molecule has 0 aliphatic heterocycles. The van der Waals surface area contributed by atoms with Gasteiger partial charge in [0.25, 0.3) is 0 Å². The van der Waals surface area contributed by atoms with Crippen molar-refractivity contribution in [2.24, 2.45) is 5.73 Å². The Kier molecular flexibility index (Phi) is 4.08. The molecule has 100 valence electrons. The molecule has 2 aromatic heterocycles. The molecule has 0 radical (unpaired) electrons. The highest BCUT2D eigenvalue weighted by Crippen LogP contribution is 2.23. The molecule has 6 nitrogen and oxygen atoms in total. The lowest BCUT2D eigenvalue weighted by Gasteiger charge is -2.11. The van der Waals surface area contributed by atoms with Crippen molar-refractivity contribution in [3.05, 3.63) is 41.2 Å². The largest absolute Gasteiger partial charge is 0.480 e. The first-order chi connectivity index (χ1) is 9.08. The summed E-state index contributed by atoms with van der Waals surface area (Å²) in [5.41, 5.74) is 6.74. The first kappa shape index (κ1) is 13.4. The van der Waals surface area contributed by atoms with Crippen LogP contribution in [0.25, 0.3) is 0 Å². The van der Waals surface area contributed by atoms with Gasteiger partial charge >= 0.3 is 5.97 Å². The molecule has 4 N–H and O–H groups in total. The van der Waals surface area contributed by atoms with E-state index in [1.165, 1.54) is 11.3 Å². The van der Waals surface area contributed by atoms with Crippen LogP contribution in [0, 0.1) is 0 Å². The zero-order valence-electron chi connectivity index (χ0n) is 10.3. The maximum atomic E-state index is 10.8. The van der Waals surface area contributed by atoms with Crippen molar-refractivity contribution in [3.8, 4) is 0 Å². The molecule has 0 bridgehead atoms. The minimum atomic E-state index is -1.09. The molecule has 2 atom stereocenters. The quantitative estimate of drug-likeness (QED) is 0.771. The van der Waals surface area contributed by atoms with Crippen LogP contribution in [0.4, 0.5) is 5.13 Å². The van der Waals surface area contributed by atoms with Crippen molar-refractivity contribution >= 4 is 22.4 Å². The molecule has 0 saturated carbocycles. The Bertz CT molecular complexity index is 558. The van der Waals surface area contributed by atoms with Crippen molar-refractivity contribution < 1.29 is 9.90 Å². The number of aromatic nitrogens is 2. The van der Waals surface area contributed by atoms with Gasteiger partial charge in [0.1, 0.15) is 6.04 Å². The molecule has 0 aliphatic carbocycles. The zero-order chi connectivity index (χ0) is 13.8. The summed E-state index contributed by atoms with van der Waals surface area (Å²) in [6.45, 7) is 1.96. The lowest BCUT2D eigenvalue weighted by Crippen LogP contribution is -2.21. The Morgan fingerprint density at radius 2 is 2.26 bits per heavy atom. The highest BCUT2D eigenvalue weighted by atomic mass is 32.1. The molecule has 0 saturated heterocycles. The van der Waals surface area contributed by atoms with E-state index in [0.29, 0.717) is 10.8 Å². The molecule has 0 aliphatic rings. The van der Waals surface area contributed by atoms with Crippen LogP contribution >= 0.6 is 11.3 Å². The Morgan fingerprint density at radius 3 is 2.89 bits per heavy atom. The third-order valence-corrected chi connectivity index (χ3v) is 3.37. The Morgan fingerprint density at radius 1 is 1.47 bits per heavy atom. The van der Waals surface area contributed by atoms with Crippen LogP contribution in [-0.2, 0) is 4.79 Å². The van der Waals surface area contributed by atoms with E-state index in [9.17, 15) is 4.79 Å². The van der Waals surface area contributed by atoms with Crippen LogP contribution in [0.2, 0.25) is 0 Å². The number of carbonyl (C=O) groups is 1. The lowest BCUT2D eigenvalue weighted by atomic mass is 10.2. The predicted octanol–water partition coefficient (Wildman–Crippen LogP) is 1.80. The van der Waals surface area contributed by atoms with Crippen molar-refractivity contribution in [2.75, 3.05) is 5.32 Å². The normalized spacial score (nSPS) is 13.8. The molecular formula is C12H14N4O2S. The van der Waals surface area contributed by atoms with E-state index in [1.807, 2.05) is 25.1 Å². The van der Waals surface area contributed by atoms with E-state index in [4.69, 9.17) is 10.8 Å². The second-order valence-corrected chi connectivity index (χ2v) is 4.87. The monoisotopic (exact) mass is 278 g/mol. The summed E-state index contributed by atoms with van der Waals surface area (Å²) in [4.78, 5) is 19.2. The summed E-state index contributed by atoms with van der Waals surface area (Å²) in [6.07, 6.45) is 1.72. The van der Waals surface area contributed by atoms with Crippen molar-refractivity contribution in [1.29, 1.82) is 0 Å². The molecule has 2 unspecified atom stereocenters. The second-order valence-electron chi connectivity index (χ2n) is 4.01. The van der Waals surface area contributed by atoms with Gasteiger partial charge in [0, 0.05) is 11.6 Å². The molecular weight excluding hydrogens is 264 g/mol. The van der Waals surface area contributed by atoms with Crippen LogP contribution in [-0.4, -0.2) is 21.0 Å². The average Bonchev–Trinajstić information content (AvgIpc) is 2.87. The highest BCUT2D eigenvalue weighted by Gasteiger charge is 2.18. The molecule has 0 aromatic carbocycles. The number of pyridine rings is 1. The summed E-state index contributed by atoms with van der Waals surface area (Å²) in [5.74, 6) is -1.09. The van der Waals surface area contributed by atoms with Gasteiger partial charge in [-0.05, 0) is 19.1 Å². The van der Waals surface area contributed by atoms with Gasteiger partial charge in [0.15, 0.2) is 5.13 Å². The van der Waals surface area contributed by atoms with Gasteiger partial charge in [-0.15, -0.1) is 11.3 Å². The van der Waals surface area contributed by atoms with E-state index in [-0.39, 0.29) is 6.04 Å². The van der Waals surface area contributed by atoms with Gasteiger partial charge < -0.3 is 16.2 Å². The van der Waals surface area contributed by atoms with E-state index >= 15 is 0 Å². The highest BCUT2D eigenvalue weighted by molar-refractivity contribution is 7.13. The van der Waals surface area contributed by atoms with Crippen LogP contribution in [0.1, 0.15) is 30.4 Å². The van der Waals surface area contributed by atoms with Crippen molar-refractivity contribution in [1.82, 2.24) is 9.97 Å². The summed E-state index contributed by atoms with van der Waals surface area (Å²) in [7, 11) is 0. The second kappa shape index (κ2) is 5.77. The summed E-state index contributed by atoms with van der Waals surface area (Å²) in [6, 6.07) is 4.57.